The average molecular weight is 394 g/mol. The number of ether oxygens (including phenoxy) is 2. The summed E-state index contributed by atoms with van der Waals surface area (Å²) in [5, 5.41) is 2.89. The van der Waals surface area contributed by atoms with Gasteiger partial charge in [0.25, 0.3) is 0 Å². The second kappa shape index (κ2) is 10.8. The summed E-state index contributed by atoms with van der Waals surface area (Å²) in [7, 11) is 0. The maximum Gasteiger partial charge on any atom is 0.220 e. The molecule has 5 nitrogen and oxygen atoms in total. The van der Waals surface area contributed by atoms with Crippen LogP contribution < -0.4 is 14.8 Å². The van der Waals surface area contributed by atoms with Crippen molar-refractivity contribution >= 4 is 5.91 Å². The predicted octanol–water partition coefficient (Wildman–Crippen LogP) is 4.28. The van der Waals surface area contributed by atoms with Gasteiger partial charge >= 0.3 is 0 Å². The lowest BCUT2D eigenvalue weighted by Crippen LogP contribution is -2.23. The third kappa shape index (κ3) is 7.25. The van der Waals surface area contributed by atoms with Crippen molar-refractivity contribution in [3.63, 3.8) is 0 Å². The number of carbonyl (C=O) groups is 1. The van der Waals surface area contributed by atoms with E-state index in [0.29, 0.717) is 38.3 Å². The van der Waals surface area contributed by atoms with Crippen molar-refractivity contribution in [2.75, 3.05) is 6.61 Å². The Balaban J connectivity index is 1.36. The summed E-state index contributed by atoms with van der Waals surface area (Å²) < 4.78 is 24.3. The summed E-state index contributed by atoms with van der Waals surface area (Å²) in [6.07, 6.45) is 2.62. The van der Waals surface area contributed by atoms with E-state index in [0.717, 1.165) is 17.0 Å². The fourth-order valence-electron chi connectivity index (χ4n) is 2.65. The van der Waals surface area contributed by atoms with Crippen LogP contribution in [-0.2, 0) is 17.9 Å². The molecule has 0 radical (unpaired) electrons. The minimum Gasteiger partial charge on any atom is -0.493 e. The first-order valence-electron chi connectivity index (χ1n) is 9.46. The Morgan fingerprint density at radius 3 is 2.59 bits per heavy atom. The molecule has 1 aromatic heterocycles. The number of benzene rings is 2. The number of halogens is 1. The van der Waals surface area contributed by atoms with Crippen molar-refractivity contribution in [1.82, 2.24) is 10.3 Å². The number of nitrogens with zero attached hydrogens (tertiary/aromatic N) is 1. The Morgan fingerprint density at radius 2 is 1.79 bits per heavy atom. The highest BCUT2D eigenvalue weighted by Gasteiger charge is 2.04. The van der Waals surface area contributed by atoms with E-state index in [1.54, 1.807) is 18.3 Å². The van der Waals surface area contributed by atoms with Crippen LogP contribution in [0.2, 0.25) is 0 Å². The summed E-state index contributed by atoms with van der Waals surface area (Å²) in [6.45, 7) is 1.17. The summed E-state index contributed by atoms with van der Waals surface area (Å²) in [4.78, 5) is 16.2. The van der Waals surface area contributed by atoms with E-state index < -0.39 is 0 Å². The van der Waals surface area contributed by atoms with Gasteiger partial charge in [-0.15, -0.1) is 0 Å². The van der Waals surface area contributed by atoms with Gasteiger partial charge in [-0.25, -0.2) is 4.39 Å². The fraction of sp³-hybridized carbons (Fsp3) is 0.217. The van der Waals surface area contributed by atoms with Crippen molar-refractivity contribution in [2.45, 2.75) is 26.0 Å². The van der Waals surface area contributed by atoms with Crippen LogP contribution in [0.5, 0.6) is 11.5 Å². The molecule has 0 atom stereocenters. The topological polar surface area (TPSA) is 60.5 Å². The van der Waals surface area contributed by atoms with Crippen molar-refractivity contribution in [2.24, 2.45) is 0 Å². The van der Waals surface area contributed by atoms with E-state index in [4.69, 9.17) is 9.47 Å². The van der Waals surface area contributed by atoms with Crippen LogP contribution in [-0.4, -0.2) is 17.5 Å². The number of aromatic nitrogens is 1. The normalized spacial score (nSPS) is 10.4. The van der Waals surface area contributed by atoms with Gasteiger partial charge < -0.3 is 14.8 Å². The SMILES string of the molecule is O=C(CCCOc1cccc(F)c1)NCc1cccc(OCc2ccccn2)c1. The number of nitrogens with one attached hydrogen (secondary N) is 1. The van der Waals surface area contributed by atoms with Crippen molar-refractivity contribution in [3.05, 3.63) is 90.0 Å². The Bertz CT molecular complexity index is 919. The van der Waals surface area contributed by atoms with E-state index in [1.165, 1.54) is 12.1 Å². The Hall–Kier alpha value is -3.41. The van der Waals surface area contributed by atoms with Crippen molar-refractivity contribution in [3.8, 4) is 11.5 Å². The standard InChI is InChI=1S/C23H23FN2O3/c24-19-7-4-10-22(15-19)28-13-5-11-23(27)26-16-18-6-3-9-21(14-18)29-17-20-8-1-2-12-25-20/h1-4,6-10,12,14-15H,5,11,13,16-17H2,(H,26,27). The average Bonchev–Trinajstić information content (AvgIpc) is 2.75. The largest absolute Gasteiger partial charge is 0.493 e. The van der Waals surface area contributed by atoms with Crippen LogP contribution in [0.1, 0.15) is 24.1 Å². The first-order valence-corrected chi connectivity index (χ1v) is 9.46. The molecule has 1 amide bonds. The lowest BCUT2D eigenvalue weighted by Gasteiger charge is -2.09. The van der Waals surface area contributed by atoms with Crippen LogP contribution >= 0.6 is 0 Å². The second-order valence-corrected chi connectivity index (χ2v) is 6.44. The zero-order valence-corrected chi connectivity index (χ0v) is 16.0. The molecule has 6 heteroatoms. The van der Waals surface area contributed by atoms with Gasteiger partial charge in [0.2, 0.25) is 5.91 Å². The third-order valence-corrected chi connectivity index (χ3v) is 4.11. The molecular weight excluding hydrogens is 371 g/mol. The van der Waals surface area contributed by atoms with Crippen LogP contribution in [0.25, 0.3) is 0 Å². The Morgan fingerprint density at radius 1 is 0.966 bits per heavy atom. The van der Waals surface area contributed by atoms with Gasteiger partial charge in [-0.2, -0.15) is 0 Å². The van der Waals surface area contributed by atoms with E-state index in [9.17, 15) is 9.18 Å². The first-order chi connectivity index (χ1) is 14.2. The van der Waals surface area contributed by atoms with Crippen LogP contribution in [0.15, 0.2) is 72.9 Å². The minimum atomic E-state index is -0.341. The molecule has 0 bridgehead atoms. The minimum absolute atomic E-state index is 0.0624. The maximum atomic E-state index is 13.1. The molecule has 29 heavy (non-hydrogen) atoms. The lowest BCUT2D eigenvalue weighted by atomic mass is 10.2. The molecule has 0 saturated carbocycles. The number of amides is 1. The van der Waals surface area contributed by atoms with Gasteiger partial charge in [-0.05, 0) is 48.4 Å². The molecule has 150 valence electrons. The van der Waals surface area contributed by atoms with E-state index in [2.05, 4.69) is 10.3 Å². The lowest BCUT2D eigenvalue weighted by molar-refractivity contribution is -0.121. The molecule has 3 rings (SSSR count). The van der Waals surface area contributed by atoms with Gasteiger partial charge in [0.05, 0.1) is 12.3 Å². The quantitative estimate of drug-likeness (QED) is 0.522. The predicted molar refractivity (Wildman–Crippen MR) is 108 cm³/mol. The molecule has 2 aromatic carbocycles. The number of hydrogen-bond donors (Lipinski definition) is 1. The molecule has 0 saturated heterocycles. The van der Waals surface area contributed by atoms with Gasteiger partial charge in [-0.3, -0.25) is 9.78 Å². The zero-order valence-electron chi connectivity index (χ0n) is 16.0. The molecular formula is C23H23FN2O3. The van der Waals surface area contributed by atoms with Gasteiger partial charge in [-0.1, -0.05) is 24.3 Å². The number of carbonyl (C=O) groups excluding carboxylic acids is 1. The molecule has 0 aliphatic carbocycles. The van der Waals surface area contributed by atoms with Crippen LogP contribution in [0.4, 0.5) is 4.39 Å². The molecule has 1 heterocycles. The maximum absolute atomic E-state index is 13.1. The van der Waals surface area contributed by atoms with Crippen molar-refractivity contribution in [1.29, 1.82) is 0 Å². The highest BCUT2D eigenvalue weighted by Crippen LogP contribution is 2.15. The molecule has 0 aliphatic heterocycles. The fourth-order valence-corrected chi connectivity index (χ4v) is 2.65. The molecule has 1 N–H and O–H groups in total. The Labute approximate surface area is 169 Å². The van der Waals surface area contributed by atoms with E-state index in [1.807, 2.05) is 42.5 Å². The molecule has 0 spiro atoms. The van der Waals surface area contributed by atoms with Gasteiger partial charge in [0.15, 0.2) is 0 Å². The molecule has 0 fully saturated rings. The van der Waals surface area contributed by atoms with E-state index >= 15 is 0 Å². The molecule has 0 unspecified atom stereocenters. The molecule has 0 aliphatic rings. The number of rotatable bonds is 10. The second-order valence-electron chi connectivity index (χ2n) is 6.44. The van der Waals surface area contributed by atoms with Gasteiger partial charge in [0.1, 0.15) is 23.9 Å². The summed E-state index contributed by atoms with van der Waals surface area (Å²) in [5.41, 5.74) is 1.81. The van der Waals surface area contributed by atoms with Crippen LogP contribution in [0.3, 0.4) is 0 Å². The van der Waals surface area contributed by atoms with Crippen molar-refractivity contribution < 1.29 is 18.7 Å². The summed E-state index contributed by atoms with van der Waals surface area (Å²) in [5.74, 6) is 0.790. The summed E-state index contributed by atoms with van der Waals surface area (Å²) >= 11 is 0. The highest BCUT2D eigenvalue weighted by atomic mass is 19.1. The zero-order chi connectivity index (χ0) is 20.3. The Kier molecular flexibility index (Phi) is 7.57. The summed E-state index contributed by atoms with van der Waals surface area (Å²) in [6, 6.07) is 19.2. The smallest absolute Gasteiger partial charge is 0.220 e. The number of hydrogen-bond acceptors (Lipinski definition) is 4. The highest BCUT2D eigenvalue weighted by molar-refractivity contribution is 5.75. The van der Waals surface area contributed by atoms with E-state index in [-0.39, 0.29) is 11.7 Å². The van der Waals surface area contributed by atoms with Gasteiger partial charge in [0, 0.05) is 25.2 Å². The number of pyridine rings is 1. The monoisotopic (exact) mass is 394 g/mol. The molecule has 3 aromatic rings. The van der Waals surface area contributed by atoms with Crippen LogP contribution in [0, 0.1) is 5.82 Å². The first kappa shape index (κ1) is 20.3. The third-order valence-electron chi connectivity index (χ3n) is 4.11.